The molecule has 2 amide bonds. The third-order valence-electron chi connectivity index (χ3n) is 1.72. The van der Waals surface area contributed by atoms with Crippen molar-refractivity contribution in [3.8, 4) is 0 Å². The van der Waals surface area contributed by atoms with Crippen molar-refractivity contribution in [2.45, 2.75) is 0 Å². The molecule has 0 radical (unpaired) electrons. The number of carbonyl (C=O) groups excluding carboxylic acids is 2. The minimum absolute atomic E-state index is 0.0741. The van der Waals surface area contributed by atoms with Crippen LogP contribution in [0.4, 0.5) is 0 Å². The SMILES string of the molecule is CN1C(=O)C2=CC2C1=O. The lowest BCUT2D eigenvalue weighted by Crippen LogP contribution is -2.26. The minimum atomic E-state index is -0.137. The summed E-state index contributed by atoms with van der Waals surface area (Å²) in [5.41, 5.74) is 0.683. The molecule has 1 heterocycles. The van der Waals surface area contributed by atoms with Gasteiger partial charge in [0, 0.05) is 12.6 Å². The summed E-state index contributed by atoms with van der Waals surface area (Å²) in [5, 5.41) is 0. The molecule has 1 saturated heterocycles. The van der Waals surface area contributed by atoms with Crippen LogP contribution in [0.25, 0.3) is 0 Å². The molecule has 46 valence electrons. The number of hydrogen-bond donors (Lipinski definition) is 0. The number of likely N-dealkylation sites (N-methyl/N-ethyl adjacent to an activating group) is 1. The lowest BCUT2D eigenvalue weighted by atomic mass is 10.3. The van der Waals surface area contributed by atoms with E-state index >= 15 is 0 Å². The summed E-state index contributed by atoms with van der Waals surface area (Å²) in [6.07, 6.45) is 1.70. The van der Waals surface area contributed by atoms with Gasteiger partial charge in [0.2, 0.25) is 5.91 Å². The highest BCUT2D eigenvalue weighted by molar-refractivity contribution is 6.20. The molecule has 2 rings (SSSR count). The molecule has 1 fully saturated rings. The smallest absolute Gasteiger partial charge is 0.256 e. The van der Waals surface area contributed by atoms with Crippen molar-refractivity contribution >= 4 is 11.8 Å². The minimum Gasteiger partial charge on any atom is -0.281 e. The first-order chi connectivity index (χ1) is 4.22. The third-order valence-corrected chi connectivity index (χ3v) is 1.72. The van der Waals surface area contributed by atoms with Crippen molar-refractivity contribution in [3.63, 3.8) is 0 Å². The van der Waals surface area contributed by atoms with Crippen LogP contribution in [0.2, 0.25) is 0 Å². The van der Waals surface area contributed by atoms with E-state index in [2.05, 4.69) is 0 Å². The molecule has 0 aromatic heterocycles. The van der Waals surface area contributed by atoms with Crippen LogP contribution in [0.1, 0.15) is 0 Å². The second kappa shape index (κ2) is 1.07. The van der Waals surface area contributed by atoms with Crippen LogP contribution in [-0.4, -0.2) is 23.8 Å². The number of nitrogens with zero attached hydrogens (tertiary/aromatic N) is 1. The van der Waals surface area contributed by atoms with Gasteiger partial charge in [-0.15, -0.1) is 0 Å². The van der Waals surface area contributed by atoms with Gasteiger partial charge >= 0.3 is 0 Å². The van der Waals surface area contributed by atoms with E-state index in [-0.39, 0.29) is 17.7 Å². The van der Waals surface area contributed by atoms with Crippen LogP contribution < -0.4 is 0 Å². The van der Waals surface area contributed by atoms with Crippen LogP contribution >= 0.6 is 0 Å². The van der Waals surface area contributed by atoms with Gasteiger partial charge in [0.15, 0.2) is 0 Å². The van der Waals surface area contributed by atoms with Crippen LogP contribution in [0.3, 0.4) is 0 Å². The molecule has 9 heavy (non-hydrogen) atoms. The molecular formula is C6H5NO2. The lowest BCUT2D eigenvalue weighted by molar-refractivity contribution is -0.137. The summed E-state index contributed by atoms with van der Waals surface area (Å²) >= 11 is 0. The molecule has 3 nitrogen and oxygen atoms in total. The first-order valence-electron chi connectivity index (χ1n) is 2.75. The van der Waals surface area contributed by atoms with Gasteiger partial charge in [0.1, 0.15) is 0 Å². The molecule has 0 N–H and O–H groups in total. The number of amides is 2. The van der Waals surface area contributed by atoms with E-state index in [0.717, 1.165) is 0 Å². The summed E-state index contributed by atoms with van der Waals surface area (Å²) in [6.45, 7) is 0. The van der Waals surface area contributed by atoms with Crippen molar-refractivity contribution in [1.82, 2.24) is 4.90 Å². The van der Waals surface area contributed by atoms with Gasteiger partial charge in [-0.25, -0.2) is 0 Å². The molecule has 0 aromatic rings. The van der Waals surface area contributed by atoms with E-state index in [1.165, 1.54) is 11.9 Å². The second-order valence-corrected chi connectivity index (χ2v) is 2.30. The summed E-state index contributed by atoms with van der Waals surface area (Å²) in [5.74, 6) is -0.331. The Morgan fingerprint density at radius 2 is 2.22 bits per heavy atom. The normalized spacial score (nSPS) is 30.6. The van der Waals surface area contributed by atoms with Crippen LogP contribution in [0.15, 0.2) is 11.6 Å². The fraction of sp³-hybridized carbons (Fsp3) is 0.333. The van der Waals surface area contributed by atoms with E-state index in [1.807, 2.05) is 0 Å². The Labute approximate surface area is 51.9 Å². The Bertz CT molecular complexity index is 241. The predicted octanol–water partition coefficient (Wildman–Crippen LogP) is -0.459. The second-order valence-electron chi connectivity index (χ2n) is 2.30. The van der Waals surface area contributed by atoms with Gasteiger partial charge in [-0.1, -0.05) is 6.08 Å². The molecule has 1 aliphatic heterocycles. The van der Waals surface area contributed by atoms with E-state index in [9.17, 15) is 9.59 Å². The summed E-state index contributed by atoms with van der Waals surface area (Å²) < 4.78 is 0. The average Bonchev–Trinajstić information content (AvgIpc) is 2.56. The van der Waals surface area contributed by atoms with Crippen molar-refractivity contribution < 1.29 is 9.59 Å². The molecule has 0 spiro atoms. The van der Waals surface area contributed by atoms with E-state index in [4.69, 9.17) is 0 Å². The van der Waals surface area contributed by atoms with E-state index in [0.29, 0.717) is 5.57 Å². The van der Waals surface area contributed by atoms with Crippen molar-refractivity contribution in [2.24, 2.45) is 5.92 Å². The maximum absolute atomic E-state index is 10.8. The molecule has 0 saturated carbocycles. The Morgan fingerprint density at radius 3 is 2.44 bits per heavy atom. The monoisotopic (exact) mass is 123 g/mol. The number of imide groups is 1. The van der Waals surface area contributed by atoms with Gasteiger partial charge < -0.3 is 0 Å². The summed E-state index contributed by atoms with van der Waals surface area (Å²) in [4.78, 5) is 22.8. The quantitative estimate of drug-likeness (QED) is 0.409. The highest BCUT2D eigenvalue weighted by Crippen LogP contribution is 2.37. The molecule has 1 unspecified atom stereocenters. The summed E-state index contributed by atoms with van der Waals surface area (Å²) in [6, 6.07) is 0. The van der Waals surface area contributed by atoms with Gasteiger partial charge in [0.25, 0.3) is 5.91 Å². The number of likely N-dealkylation sites (tertiary alicyclic amines) is 1. The lowest BCUT2D eigenvalue weighted by Gasteiger charge is -2.04. The zero-order chi connectivity index (χ0) is 6.59. The standard InChI is InChI=1S/C6H5NO2/c1-7-5(8)3-2-4(3)6(7)9/h2-3H,1H3. The third kappa shape index (κ3) is 0.376. The predicted molar refractivity (Wildman–Crippen MR) is 29.3 cm³/mol. The number of hydrogen-bond acceptors (Lipinski definition) is 2. The Kier molecular flexibility index (Phi) is 0.565. The highest BCUT2D eigenvalue weighted by atomic mass is 16.2. The van der Waals surface area contributed by atoms with Crippen molar-refractivity contribution in [3.05, 3.63) is 11.6 Å². The highest BCUT2D eigenvalue weighted by Gasteiger charge is 2.48. The maximum atomic E-state index is 10.8. The van der Waals surface area contributed by atoms with E-state index < -0.39 is 0 Å². The van der Waals surface area contributed by atoms with Crippen molar-refractivity contribution in [2.75, 3.05) is 7.05 Å². The first kappa shape index (κ1) is 4.73. The number of fused-ring (bicyclic) bond motifs is 1. The largest absolute Gasteiger partial charge is 0.281 e. The summed E-state index contributed by atoms with van der Waals surface area (Å²) in [7, 11) is 1.51. The zero-order valence-electron chi connectivity index (χ0n) is 4.92. The van der Waals surface area contributed by atoms with Gasteiger partial charge in [-0.3, -0.25) is 14.5 Å². The van der Waals surface area contributed by atoms with Crippen LogP contribution in [-0.2, 0) is 9.59 Å². The molecule has 2 aliphatic rings. The number of carbonyl (C=O) groups is 2. The fourth-order valence-electron chi connectivity index (χ4n) is 1.04. The van der Waals surface area contributed by atoms with Crippen LogP contribution in [0.5, 0.6) is 0 Å². The van der Waals surface area contributed by atoms with Gasteiger partial charge in [-0.05, 0) is 0 Å². The number of rotatable bonds is 0. The van der Waals surface area contributed by atoms with Crippen molar-refractivity contribution in [1.29, 1.82) is 0 Å². The topological polar surface area (TPSA) is 37.4 Å². The molecule has 1 atom stereocenters. The molecule has 3 heteroatoms. The molecule has 1 aliphatic carbocycles. The van der Waals surface area contributed by atoms with Gasteiger partial charge in [-0.2, -0.15) is 0 Å². The Balaban J connectivity index is 2.41. The average molecular weight is 123 g/mol. The Morgan fingerprint density at radius 1 is 1.56 bits per heavy atom. The maximum Gasteiger partial charge on any atom is 0.256 e. The first-order valence-corrected chi connectivity index (χ1v) is 2.75. The molecule has 0 aromatic carbocycles. The fourth-order valence-corrected chi connectivity index (χ4v) is 1.04. The zero-order valence-corrected chi connectivity index (χ0v) is 4.92. The molecule has 0 bridgehead atoms. The van der Waals surface area contributed by atoms with E-state index in [1.54, 1.807) is 6.08 Å². The van der Waals surface area contributed by atoms with Gasteiger partial charge in [0.05, 0.1) is 5.92 Å². The Hall–Kier alpha value is -1.12. The molecular weight excluding hydrogens is 118 g/mol. The van der Waals surface area contributed by atoms with Crippen LogP contribution in [0, 0.1) is 5.92 Å².